The Balaban J connectivity index is 1.46. The molecule has 0 bridgehead atoms. The van der Waals surface area contributed by atoms with Gasteiger partial charge in [0.25, 0.3) is 5.91 Å². The van der Waals surface area contributed by atoms with Crippen LogP contribution in [0.3, 0.4) is 0 Å². The van der Waals surface area contributed by atoms with Crippen molar-refractivity contribution >= 4 is 11.9 Å². The van der Waals surface area contributed by atoms with Crippen LogP contribution in [0.5, 0.6) is 11.5 Å². The molecule has 2 N–H and O–H groups in total. The second-order valence-corrected chi connectivity index (χ2v) is 6.74. The van der Waals surface area contributed by atoms with Crippen molar-refractivity contribution in [3.8, 4) is 11.5 Å². The molecule has 148 valence electrons. The Labute approximate surface area is 163 Å². The fourth-order valence-electron chi connectivity index (χ4n) is 3.03. The normalized spacial score (nSPS) is 18.4. The van der Waals surface area contributed by atoms with Crippen LogP contribution in [-0.4, -0.2) is 42.3 Å². The molecule has 7 heteroatoms. The van der Waals surface area contributed by atoms with Crippen LogP contribution >= 0.6 is 0 Å². The number of carbonyl (C=O) groups excluding carboxylic acids is 1. The molecule has 2 aromatic carbocycles. The number of carbonyl (C=O) groups is 2. The summed E-state index contributed by atoms with van der Waals surface area (Å²) in [6, 6.07) is 16.8. The summed E-state index contributed by atoms with van der Waals surface area (Å²) in [5, 5.41) is 11.8. The summed E-state index contributed by atoms with van der Waals surface area (Å²) in [6.45, 7) is 0.889. The monoisotopic (exact) mass is 385 g/mol. The number of rotatable bonds is 9. The number of hydrogen-bond donors (Lipinski definition) is 2. The Hall–Kier alpha value is -3.06. The first-order chi connectivity index (χ1) is 13.5. The molecule has 2 aromatic rings. The fourth-order valence-corrected chi connectivity index (χ4v) is 3.03. The van der Waals surface area contributed by atoms with Gasteiger partial charge in [-0.25, -0.2) is 0 Å². The molecule has 1 saturated heterocycles. The Kier molecular flexibility index (Phi) is 6.49. The zero-order valence-electron chi connectivity index (χ0n) is 15.4. The summed E-state index contributed by atoms with van der Waals surface area (Å²) in [5.74, 6) is -0.129. The lowest BCUT2D eigenvalue weighted by atomic mass is 9.94. The van der Waals surface area contributed by atoms with E-state index in [4.69, 9.17) is 19.3 Å². The number of benzene rings is 2. The average Bonchev–Trinajstić information content (AvgIpc) is 3.13. The Morgan fingerprint density at radius 3 is 2.32 bits per heavy atom. The van der Waals surface area contributed by atoms with Crippen molar-refractivity contribution in [2.45, 2.75) is 25.0 Å². The molecule has 0 aromatic heterocycles. The zero-order valence-corrected chi connectivity index (χ0v) is 15.4. The van der Waals surface area contributed by atoms with Crippen LogP contribution in [0.15, 0.2) is 54.6 Å². The summed E-state index contributed by atoms with van der Waals surface area (Å²) in [7, 11) is 0. The van der Waals surface area contributed by atoms with Gasteiger partial charge in [-0.3, -0.25) is 9.59 Å². The van der Waals surface area contributed by atoms with E-state index in [9.17, 15) is 9.59 Å². The highest BCUT2D eigenvalue weighted by Crippen LogP contribution is 2.23. The third-order valence-electron chi connectivity index (χ3n) is 4.44. The smallest absolute Gasteiger partial charge is 0.305 e. The molecule has 1 atom stereocenters. The molecule has 0 radical (unpaired) electrons. The van der Waals surface area contributed by atoms with E-state index < -0.39 is 11.5 Å². The maximum Gasteiger partial charge on any atom is 0.305 e. The lowest BCUT2D eigenvalue weighted by molar-refractivity contribution is -0.139. The number of aliphatic carboxylic acids is 1. The molecule has 1 aliphatic rings. The molecule has 3 rings (SSSR count). The topological polar surface area (TPSA) is 94.1 Å². The van der Waals surface area contributed by atoms with E-state index in [0.29, 0.717) is 31.1 Å². The Morgan fingerprint density at radius 1 is 1.04 bits per heavy atom. The largest absolute Gasteiger partial charge is 0.489 e. The van der Waals surface area contributed by atoms with E-state index in [1.54, 1.807) is 24.3 Å². The van der Waals surface area contributed by atoms with Gasteiger partial charge in [-0.15, -0.1) is 0 Å². The van der Waals surface area contributed by atoms with E-state index in [1.165, 1.54) is 0 Å². The fraction of sp³-hybridized carbons (Fsp3) is 0.333. The van der Waals surface area contributed by atoms with E-state index in [2.05, 4.69) is 5.32 Å². The van der Waals surface area contributed by atoms with E-state index in [-0.39, 0.29) is 25.5 Å². The molecular formula is C21H23NO6. The second-order valence-electron chi connectivity index (χ2n) is 6.74. The molecule has 1 fully saturated rings. The Bertz CT molecular complexity index is 784. The van der Waals surface area contributed by atoms with Crippen LogP contribution in [0.25, 0.3) is 0 Å². The van der Waals surface area contributed by atoms with E-state index in [0.717, 1.165) is 5.56 Å². The third kappa shape index (κ3) is 5.72. The maximum atomic E-state index is 12.2. The van der Waals surface area contributed by atoms with Gasteiger partial charge in [-0.1, -0.05) is 30.3 Å². The SMILES string of the molecule is O=C(O)CC1(NC(=O)COc2ccc(OCc3ccccc3)cc2)CCOC1. The van der Waals surface area contributed by atoms with Crippen LogP contribution in [0.4, 0.5) is 0 Å². The van der Waals surface area contributed by atoms with Gasteiger partial charge in [0.2, 0.25) is 0 Å². The number of hydrogen-bond acceptors (Lipinski definition) is 5. The molecular weight excluding hydrogens is 362 g/mol. The van der Waals surface area contributed by atoms with Crippen LogP contribution in [-0.2, 0) is 20.9 Å². The van der Waals surface area contributed by atoms with Crippen LogP contribution in [0, 0.1) is 0 Å². The van der Waals surface area contributed by atoms with Crippen molar-refractivity contribution in [3.05, 3.63) is 60.2 Å². The van der Waals surface area contributed by atoms with Crippen LogP contribution < -0.4 is 14.8 Å². The molecule has 1 unspecified atom stereocenters. The first kappa shape index (κ1) is 19.7. The van der Waals surface area contributed by atoms with E-state index >= 15 is 0 Å². The number of amides is 1. The number of carboxylic acids is 1. The standard InChI is InChI=1S/C21H23NO6/c23-19(22-21(12-20(24)25)10-11-26-15-21)14-28-18-8-6-17(7-9-18)27-13-16-4-2-1-3-5-16/h1-9H,10-15H2,(H,22,23)(H,24,25). The lowest BCUT2D eigenvalue weighted by Gasteiger charge is -2.26. The quantitative estimate of drug-likeness (QED) is 0.688. The third-order valence-corrected chi connectivity index (χ3v) is 4.44. The van der Waals surface area contributed by atoms with Gasteiger partial charge in [0.1, 0.15) is 18.1 Å². The van der Waals surface area contributed by atoms with Crippen LogP contribution in [0.1, 0.15) is 18.4 Å². The molecule has 1 heterocycles. The number of ether oxygens (including phenoxy) is 3. The van der Waals surface area contributed by atoms with Crippen molar-refractivity contribution < 1.29 is 28.9 Å². The predicted molar refractivity (Wildman–Crippen MR) is 101 cm³/mol. The molecule has 0 saturated carbocycles. The molecule has 0 aliphatic carbocycles. The van der Waals surface area contributed by atoms with Crippen molar-refractivity contribution in [2.24, 2.45) is 0 Å². The minimum absolute atomic E-state index is 0.174. The lowest BCUT2D eigenvalue weighted by Crippen LogP contribution is -2.51. The van der Waals surface area contributed by atoms with E-state index in [1.807, 2.05) is 30.3 Å². The minimum Gasteiger partial charge on any atom is -0.489 e. The van der Waals surface area contributed by atoms with Gasteiger partial charge in [-0.2, -0.15) is 0 Å². The predicted octanol–water partition coefficient (Wildman–Crippen LogP) is 2.39. The molecule has 1 aliphatic heterocycles. The minimum atomic E-state index is -0.974. The molecule has 7 nitrogen and oxygen atoms in total. The zero-order chi connectivity index (χ0) is 19.8. The number of carboxylic acid groups (broad SMARTS) is 1. The van der Waals surface area contributed by atoms with Gasteiger partial charge in [0, 0.05) is 6.61 Å². The van der Waals surface area contributed by atoms with Gasteiger partial charge in [0.05, 0.1) is 18.6 Å². The highest BCUT2D eigenvalue weighted by atomic mass is 16.5. The van der Waals surface area contributed by atoms with Crippen molar-refractivity contribution in [3.63, 3.8) is 0 Å². The van der Waals surface area contributed by atoms with Gasteiger partial charge in [-0.05, 0) is 36.2 Å². The van der Waals surface area contributed by atoms with Crippen molar-refractivity contribution in [1.82, 2.24) is 5.32 Å². The number of nitrogens with one attached hydrogen (secondary N) is 1. The first-order valence-electron chi connectivity index (χ1n) is 9.05. The maximum absolute atomic E-state index is 12.2. The average molecular weight is 385 g/mol. The molecule has 1 amide bonds. The summed E-state index contributed by atoms with van der Waals surface area (Å²) < 4.78 is 16.5. The van der Waals surface area contributed by atoms with Crippen molar-refractivity contribution in [2.75, 3.05) is 19.8 Å². The summed E-state index contributed by atoms with van der Waals surface area (Å²) >= 11 is 0. The Morgan fingerprint density at radius 2 is 1.71 bits per heavy atom. The summed E-state index contributed by atoms with van der Waals surface area (Å²) in [5.41, 5.74) is 0.215. The van der Waals surface area contributed by atoms with Gasteiger partial charge < -0.3 is 24.6 Å². The summed E-state index contributed by atoms with van der Waals surface area (Å²) in [6.07, 6.45) is 0.296. The molecule has 0 spiro atoms. The second kappa shape index (κ2) is 9.23. The highest BCUT2D eigenvalue weighted by molar-refractivity contribution is 5.79. The van der Waals surface area contributed by atoms with Gasteiger partial charge in [0.15, 0.2) is 6.61 Å². The summed E-state index contributed by atoms with van der Waals surface area (Å²) in [4.78, 5) is 23.2. The van der Waals surface area contributed by atoms with Crippen molar-refractivity contribution in [1.29, 1.82) is 0 Å². The first-order valence-corrected chi connectivity index (χ1v) is 9.05. The highest BCUT2D eigenvalue weighted by Gasteiger charge is 2.38. The molecule has 28 heavy (non-hydrogen) atoms. The van der Waals surface area contributed by atoms with Crippen LogP contribution in [0.2, 0.25) is 0 Å². The van der Waals surface area contributed by atoms with Gasteiger partial charge >= 0.3 is 5.97 Å².